The molecule has 4 nitrogen and oxygen atoms in total. The zero-order valence-corrected chi connectivity index (χ0v) is 9.04. The van der Waals surface area contributed by atoms with Crippen molar-refractivity contribution in [3.63, 3.8) is 0 Å². The molecule has 0 N–H and O–H groups in total. The summed E-state index contributed by atoms with van der Waals surface area (Å²) in [7, 11) is -2.89. The van der Waals surface area contributed by atoms with Gasteiger partial charge in [0, 0.05) is 5.38 Å². The predicted octanol–water partition coefficient (Wildman–Crippen LogP) is 1.64. The summed E-state index contributed by atoms with van der Waals surface area (Å²) >= 11 is 0.352. The highest BCUT2D eigenvalue weighted by molar-refractivity contribution is 7.85. The molecule has 0 atom stereocenters. The minimum atomic E-state index is -4.54. The van der Waals surface area contributed by atoms with E-state index in [-0.39, 0.29) is 5.69 Å². The molecule has 1 heterocycles. The molecule has 9 heteroatoms. The molecule has 86 valence electrons. The van der Waals surface area contributed by atoms with Crippen molar-refractivity contribution in [3.8, 4) is 0 Å². The van der Waals surface area contributed by atoms with Crippen LogP contribution in [0, 0.1) is 0 Å². The summed E-state index contributed by atoms with van der Waals surface area (Å²) in [6, 6.07) is 0. The third kappa shape index (κ3) is 3.43. The zero-order valence-electron chi connectivity index (χ0n) is 7.41. The van der Waals surface area contributed by atoms with Crippen molar-refractivity contribution in [2.75, 3.05) is 7.11 Å². The Hall–Kier alpha value is -0.670. The maximum atomic E-state index is 12.1. The predicted molar refractivity (Wildman–Crippen MR) is 46.7 cm³/mol. The van der Waals surface area contributed by atoms with Crippen LogP contribution in [0.2, 0.25) is 0 Å². The van der Waals surface area contributed by atoms with Crippen molar-refractivity contribution in [2.45, 2.75) is 11.9 Å². The Morgan fingerprint density at radius 1 is 1.53 bits per heavy atom. The van der Waals surface area contributed by atoms with Gasteiger partial charge in [-0.05, 0) is 0 Å². The van der Waals surface area contributed by atoms with Gasteiger partial charge in [-0.1, -0.05) is 0 Å². The van der Waals surface area contributed by atoms with Gasteiger partial charge in [-0.15, -0.1) is 11.3 Å². The third-order valence-electron chi connectivity index (χ3n) is 1.37. The van der Waals surface area contributed by atoms with Crippen LogP contribution < -0.4 is 0 Å². The summed E-state index contributed by atoms with van der Waals surface area (Å²) in [4.78, 5) is 3.15. The molecule has 0 amide bonds. The lowest BCUT2D eigenvalue weighted by Gasteiger charge is -2.00. The highest BCUT2D eigenvalue weighted by Crippen LogP contribution is 2.31. The van der Waals surface area contributed by atoms with E-state index in [1.807, 2.05) is 0 Å². The molecule has 0 aromatic carbocycles. The van der Waals surface area contributed by atoms with Crippen LogP contribution in [0.25, 0.3) is 0 Å². The van der Waals surface area contributed by atoms with E-state index in [0.29, 0.717) is 11.3 Å². The van der Waals surface area contributed by atoms with Gasteiger partial charge in [-0.3, -0.25) is 4.18 Å². The first-order valence-electron chi connectivity index (χ1n) is 3.54. The minimum absolute atomic E-state index is 0.172. The molecule has 0 saturated carbocycles. The average Bonchev–Trinajstić information content (AvgIpc) is 2.51. The van der Waals surface area contributed by atoms with Crippen LogP contribution in [-0.4, -0.2) is 20.5 Å². The van der Waals surface area contributed by atoms with Crippen molar-refractivity contribution in [1.82, 2.24) is 4.98 Å². The summed E-state index contributed by atoms with van der Waals surface area (Å²) in [5.74, 6) is -0.657. The van der Waals surface area contributed by atoms with Gasteiger partial charge >= 0.3 is 6.18 Å². The van der Waals surface area contributed by atoms with Crippen molar-refractivity contribution < 1.29 is 25.8 Å². The Bertz CT molecular complexity index is 437. The Labute approximate surface area is 87.8 Å². The SMILES string of the molecule is COS(=O)(=O)Cc1csc(C(F)(F)F)n1. The molecular formula is C6H6F3NO3S2. The molecule has 1 rings (SSSR count). The van der Waals surface area contributed by atoms with Crippen LogP contribution in [-0.2, 0) is 26.2 Å². The highest BCUT2D eigenvalue weighted by atomic mass is 32.2. The summed E-state index contributed by atoms with van der Waals surface area (Å²) in [5, 5.41) is -0.0249. The summed E-state index contributed by atoms with van der Waals surface area (Å²) in [6.45, 7) is 0. The van der Waals surface area contributed by atoms with Gasteiger partial charge in [0.25, 0.3) is 10.1 Å². The Morgan fingerprint density at radius 3 is 2.53 bits per heavy atom. The first-order valence-corrected chi connectivity index (χ1v) is 6.00. The second-order valence-electron chi connectivity index (χ2n) is 2.51. The number of halogens is 3. The molecule has 15 heavy (non-hydrogen) atoms. The quantitative estimate of drug-likeness (QED) is 0.776. The standard InChI is InChI=1S/C6H6F3NO3S2/c1-13-15(11,12)3-4-2-14-5(10-4)6(7,8)9/h2H,3H2,1H3. The number of hydrogen-bond donors (Lipinski definition) is 0. The first kappa shape index (κ1) is 12.4. The topological polar surface area (TPSA) is 56.3 Å². The second-order valence-corrected chi connectivity index (χ2v) is 5.11. The van der Waals surface area contributed by atoms with Gasteiger partial charge in [-0.25, -0.2) is 4.98 Å². The van der Waals surface area contributed by atoms with Crippen LogP contribution in [0.15, 0.2) is 5.38 Å². The number of thiazole rings is 1. The summed E-state index contributed by atoms with van der Waals surface area (Å²) in [6.07, 6.45) is -4.54. The third-order valence-corrected chi connectivity index (χ3v) is 3.47. The second kappa shape index (κ2) is 4.06. The van der Waals surface area contributed by atoms with Gasteiger partial charge in [0.2, 0.25) is 0 Å². The van der Waals surface area contributed by atoms with E-state index in [4.69, 9.17) is 0 Å². The van der Waals surface area contributed by atoms with E-state index < -0.39 is 27.1 Å². The number of aromatic nitrogens is 1. The molecule has 0 unspecified atom stereocenters. The monoisotopic (exact) mass is 261 g/mol. The maximum absolute atomic E-state index is 12.1. The largest absolute Gasteiger partial charge is 0.443 e. The fourth-order valence-corrected chi connectivity index (χ4v) is 2.16. The summed E-state index contributed by atoms with van der Waals surface area (Å²) < 4.78 is 62.1. The van der Waals surface area contributed by atoms with Crippen LogP contribution >= 0.6 is 11.3 Å². The number of nitrogens with zero attached hydrogens (tertiary/aromatic N) is 1. The normalized spacial score (nSPS) is 13.1. The number of rotatable bonds is 3. The first-order chi connectivity index (χ1) is 6.74. The molecule has 0 radical (unpaired) electrons. The lowest BCUT2D eigenvalue weighted by Crippen LogP contribution is -2.08. The van der Waals surface area contributed by atoms with Crippen molar-refractivity contribution >= 4 is 21.5 Å². The fraction of sp³-hybridized carbons (Fsp3) is 0.500. The van der Waals surface area contributed by atoms with Crippen LogP contribution in [0.3, 0.4) is 0 Å². The van der Waals surface area contributed by atoms with E-state index >= 15 is 0 Å². The van der Waals surface area contributed by atoms with Gasteiger partial charge in [0.1, 0.15) is 5.75 Å². The van der Waals surface area contributed by atoms with E-state index in [0.717, 1.165) is 12.5 Å². The maximum Gasteiger partial charge on any atom is 0.443 e. The van der Waals surface area contributed by atoms with Crippen molar-refractivity contribution in [3.05, 3.63) is 16.1 Å². The van der Waals surface area contributed by atoms with E-state index in [1.165, 1.54) is 0 Å². The Morgan fingerprint density at radius 2 is 2.13 bits per heavy atom. The average molecular weight is 261 g/mol. The van der Waals surface area contributed by atoms with Crippen LogP contribution in [0.1, 0.15) is 10.7 Å². The summed E-state index contributed by atoms with van der Waals surface area (Å²) in [5.41, 5.74) is -0.172. The Balaban J connectivity index is 2.87. The van der Waals surface area contributed by atoms with E-state index in [9.17, 15) is 21.6 Å². The van der Waals surface area contributed by atoms with Gasteiger partial charge < -0.3 is 0 Å². The molecule has 0 aliphatic carbocycles. The molecule has 1 aromatic rings. The lowest BCUT2D eigenvalue weighted by molar-refractivity contribution is -0.137. The number of hydrogen-bond acceptors (Lipinski definition) is 5. The minimum Gasteiger partial charge on any atom is -0.273 e. The molecule has 1 aromatic heterocycles. The van der Waals surface area contributed by atoms with Crippen molar-refractivity contribution in [1.29, 1.82) is 0 Å². The van der Waals surface area contributed by atoms with Crippen LogP contribution in [0.5, 0.6) is 0 Å². The smallest absolute Gasteiger partial charge is 0.273 e. The molecule has 0 aliphatic rings. The molecule has 0 fully saturated rings. The fourth-order valence-electron chi connectivity index (χ4n) is 0.744. The molecule has 0 aliphatic heterocycles. The molecule has 0 saturated heterocycles. The van der Waals surface area contributed by atoms with Crippen molar-refractivity contribution in [2.24, 2.45) is 0 Å². The van der Waals surface area contributed by atoms with Gasteiger partial charge in [-0.2, -0.15) is 21.6 Å². The lowest BCUT2D eigenvalue weighted by atomic mass is 10.6. The van der Waals surface area contributed by atoms with E-state index in [2.05, 4.69) is 9.17 Å². The van der Waals surface area contributed by atoms with Gasteiger partial charge in [0.15, 0.2) is 5.01 Å². The van der Waals surface area contributed by atoms with Crippen LogP contribution in [0.4, 0.5) is 13.2 Å². The Kier molecular flexibility index (Phi) is 3.36. The molecule has 0 spiro atoms. The number of alkyl halides is 3. The highest BCUT2D eigenvalue weighted by Gasteiger charge is 2.34. The molecule has 0 bridgehead atoms. The van der Waals surface area contributed by atoms with Gasteiger partial charge in [0.05, 0.1) is 12.8 Å². The zero-order chi connectivity index (χ0) is 11.7. The van der Waals surface area contributed by atoms with E-state index in [1.54, 1.807) is 0 Å². The molecular weight excluding hydrogens is 255 g/mol.